The summed E-state index contributed by atoms with van der Waals surface area (Å²) in [6.45, 7) is 3.20. The molecule has 0 aliphatic rings. The second-order valence-corrected chi connectivity index (χ2v) is 7.08. The van der Waals surface area contributed by atoms with Crippen molar-refractivity contribution >= 4 is 6.47 Å². The third-order valence-corrected chi connectivity index (χ3v) is 4.44. The Morgan fingerprint density at radius 3 is 1.59 bits per heavy atom. The molecule has 5 nitrogen and oxygen atoms in total. The number of carbonyl (C=O) groups is 1. The highest BCUT2D eigenvalue weighted by atomic mass is 16.5. The highest BCUT2D eigenvalue weighted by Gasteiger charge is 1.95. The van der Waals surface area contributed by atoms with Crippen LogP contribution in [0.25, 0.3) is 0 Å². The summed E-state index contributed by atoms with van der Waals surface area (Å²) < 4.78 is 0. The number of unbranched alkanes of at least 4 members (excludes halogenated alkanes) is 13. The highest BCUT2D eigenvalue weighted by Crippen LogP contribution is 2.10. The van der Waals surface area contributed by atoms with E-state index in [4.69, 9.17) is 20.1 Å². The van der Waals surface area contributed by atoms with E-state index in [1.54, 1.807) is 0 Å². The van der Waals surface area contributed by atoms with Crippen LogP contribution in [-0.2, 0) is 4.79 Å². The van der Waals surface area contributed by atoms with Gasteiger partial charge in [0, 0.05) is 6.54 Å². The van der Waals surface area contributed by atoms with Crippen molar-refractivity contribution in [2.45, 2.75) is 110 Å². The van der Waals surface area contributed by atoms with Gasteiger partial charge in [-0.15, -0.1) is 0 Å². The smallest absolute Gasteiger partial charge is 0.290 e. The fraction of sp³-hybridized carbons (Fsp3) is 0.864. The van der Waals surface area contributed by atoms with Crippen molar-refractivity contribution in [3.05, 3.63) is 12.2 Å². The molecule has 0 heterocycles. The van der Waals surface area contributed by atoms with Crippen molar-refractivity contribution < 1.29 is 20.1 Å². The van der Waals surface area contributed by atoms with Gasteiger partial charge in [-0.2, -0.15) is 0 Å². The number of allylic oxidation sites excluding steroid dienone is 2. The predicted octanol–water partition coefficient (Wildman–Crippen LogP) is 5.02. The predicted molar refractivity (Wildman–Crippen MR) is 114 cm³/mol. The first-order valence-corrected chi connectivity index (χ1v) is 11.0. The molecule has 0 unspecified atom stereocenters. The van der Waals surface area contributed by atoms with E-state index in [-0.39, 0.29) is 13.0 Å². The molecule has 4 N–H and O–H groups in total. The van der Waals surface area contributed by atoms with E-state index in [0.29, 0.717) is 0 Å². The van der Waals surface area contributed by atoms with Crippen molar-refractivity contribution in [3.63, 3.8) is 0 Å². The van der Waals surface area contributed by atoms with Crippen molar-refractivity contribution in [1.29, 1.82) is 0 Å². The lowest BCUT2D eigenvalue weighted by atomic mass is 10.1. The van der Waals surface area contributed by atoms with Crippen molar-refractivity contribution in [1.82, 2.24) is 5.32 Å². The molecule has 0 aromatic heterocycles. The third-order valence-electron chi connectivity index (χ3n) is 4.44. The van der Waals surface area contributed by atoms with E-state index in [9.17, 15) is 0 Å². The van der Waals surface area contributed by atoms with Crippen LogP contribution >= 0.6 is 0 Å². The zero-order valence-corrected chi connectivity index (χ0v) is 17.6. The number of nitrogens with one attached hydrogen (secondary N) is 1. The maximum atomic E-state index is 8.68. The molecule has 0 rings (SSSR count). The summed E-state index contributed by atoms with van der Waals surface area (Å²) in [4.78, 5) is 8.36. The summed E-state index contributed by atoms with van der Waals surface area (Å²) in [7, 11) is 0. The fourth-order valence-corrected chi connectivity index (χ4v) is 2.91. The van der Waals surface area contributed by atoms with Gasteiger partial charge in [-0.25, -0.2) is 0 Å². The minimum absolute atomic E-state index is 0.250. The van der Waals surface area contributed by atoms with Crippen LogP contribution in [0.4, 0.5) is 0 Å². The molecule has 0 bridgehead atoms. The Balaban J connectivity index is 0. The monoisotopic (exact) mass is 387 g/mol. The van der Waals surface area contributed by atoms with Crippen LogP contribution < -0.4 is 5.32 Å². The lowest BCUT2D eigenvalue weighted by Gasteiger charge is -2.05. The van der Waals surface area contributed by atoms with Gasteiger partial charge in [-0.3, -0.25) is 4.79 Å². The molecule has 0 atom stereocenters. The average Bonchev–Trinajstić information content (AvgIpc) is 2.64. The SMILES string of the molecule is CCCCCCCCC=CCCCCCCCCCNCC(O)O.O=CO. The molecule has 0 aliphatic carbocycles. The van der Waals surface area contributed by atoms with E-state index in [1.165, 1.54) is 89.9 Å². The zero-order chi connectivity index (χ0) is 20.4. The maximum absolute atomic E-state index is 8.68. The van der Waals surface area contributed by atoms with E-state index < -0.39 is 6.29 Å². The molecule has 0 saturated heterocycles. The molecule has 27 heavy (non-hydrogen) atoms. The van der Waals surface area contributed by atoms with Crippen LogP contribution in [0.1, 0.15) is 103 Å². The number of aliphatic hydroxyl groups is 2. The first kappa shape index (κ1) is 28.3. The summed E-state index contributed by atoms with van der Waals surface area (Å²) in [5.74, 6) is 0. The summed E-state index contributed by atoms with van der Waals surface area (Å²) in [5.41, 5.74) is 0. The lowest BCUT2D eigenvalue weighted by molar-refractivity contribution is -0.122. The minimum atomic E-state index is -1.22. The van der Waals surface area contributed by atoms with Gasteiger partial charge in [-0.1, -0.05) is 83.3 Å². The molecule has 0 aromatic rings. The molecule has 5 heteroatoms. The van der Waals surface area contributed by atoms with Gasteiger partial charge in [0.1, 0.15) is 0 Å². The van der Waals surface area contributed by atoms with Crippen molar-refractivity contribution in [3.8, 4) is 0 Å². The van der Waals surface area contributed by atoms with Gasteiger partial charge in [0.15, 0.2) is 6.29 Å². The van der Waals surface area contributed by atoms with Gasteiger partial charge in [0.25, 0.3) is 6.47 Å². The molecule has 0 spiro atoms. The van der Waals surface area contributed by atoms with Gasteiger partial charge in [-0.05, 0) is 38.6 Å². The van der Waals surface area contributed by atoms with Crippen molar-refractivity contribution in [2.24, 2.45) is 0 Å². The van der Waals surface area contributed by atoms with E-state index in [1.807, 2.05) is 0 Å². The zero-order valence-electron chi connectivity index (χ0n) is 17.6. The second kappa shape index (κ2) is 27.3. The quantitative estimate of drug-likeness (QED) is 0.108. The molecular formula is C22H45NO4. The molecule has 0 fully saturated rings. The van der Waals surface area contributed by atoms with Crippen LogP contribution in [0.2, 0.25) is 0 Å². The van der Waals surface area contributed by atoms with Crippen LogP contribution in [0.5, 0.6) is 0 Å². The molecule has 0 saturated carbocycles. The standard InChI is InChI=1S/C21H43NO2.CH2O2/c1-2-3-4-5-6-7-8-9-10-11-12-13-14-15-16-17-18-19-22-20-21(23)24;2-1-3/h9-10,21-24H,2-8,11-20H2,1H3;1H,(H,2,3). The molecule has 0 radical (unpaired) electrons. The van der Waals surface area contributed by atoms with E-state index in [0.717, 1.165) is 13.0 Å². The number of rotatable bonds is 19. The average molecular weight is 388 g/mol. The highest BCUT2D eigenvalue weighted by molar-refractivity contribution is 5.32. The Hall–Kier alpha value is -0.910. The van der Waals surface area contributed by atoms with Crippen LogP contribution in [-0.4, -0.2) is 41.2 Å². The molecule has 162 valence electrons. The Labute approximate surface area is 167 Å². The second-order valence-electron chi connectivity index (χ2n) is 7.08. The summed E-state index contributed by atoms with van der Waals surface area (Å²) in [6, 6.07) is 0. The fourth-order valence-electron chi connectivity index (χ4n) is 2.91. The van der Waals surface area contributed by atoms with Crippen LogP contribution in [0.3, 0.4) is 0 Å². The normalized spacial score (nSPS) is 11.0. The number of hydrogen-bond acceptors (Lipinski definition) is 4. The first-order valence-electron chi connectivity index (χ1n) is 11.0. The van der Waals surface area contributed by atoms with Crippen molar-refractivity contribution in [2.75, 3.05) is 13.1 Å². The lowest BCUT2D eigenvalue weighted by Crippen LogP contribution is -2.26. The Bertz CT molecular complexity index is 296. The van der Waals surface area contributed by atoms with Crippen LogP contribution in [0.15, 0.2) is 12.2 Å². The molecular weight excluding hydrogens is 342 g/mol. The Morgan fingerprint density at radius 2 is 1.15 bits per heavy atom. The van der Waals surface area contributed by atoms with Gasteiger partial charge in [0.05, 0.1) is 0 Å². The third kappa shape index (κ3) is 33.1. The summed E-state index contributed by atoms with van der Waals surface area (Å²) >= 11 is 0. The van der Waals surface area contributed by atoms with Gasteiger partial charge in [0.2, 0.25) is 0 Å². The first-order chi connectivity index (χ1) is 13.2. The molecule has 0 amide bonds. The molecule has 0 aromatic carbocycles. The number of hydrogen-bond donors (Lipinski definition) is 4. The summed E-state index contributed by atoms with van der Waals surface area (Å²) in [6.07, 6.45) is 23.5. The summed E-state index contributed by atoms with van der Waals surface area (Å²) in [5, 5.41) is 27.3. The number of carboxylic acid groups (broad SMARTS) is 1. The largest absolute Gasteiger partial charge is 0.483 e. The van der Waals surface area contributed by atoms with E-state index in [2.05, 4.69) is 24.4 Å². The Kier molecular flexibility index (Phi) is 28.6. The van der Waals surface area contributed by atoms with Gasteiger partial charge >= 0.3 is 0 Å². The number of aliphatic hydroxyl groups excluding tert-OH is 1. The van der Waals surface area contributed by atoms with E-state index >= 15 is 0 Å². The maximum Gasteiger partial charge on any atom is 0.290 e. The Morgan fingerprint density at radius 1 is 0.741 bits per heavy atom. The minimum Gasteiger partial charge on any atom is -0.483 e. The van der Waals surface area contributed by atoms with Crippen LogP contribution in [0, 0.1) is 0 Å². The van der Waals surface area contributed by atoms with Gasteiger partial charge < -0.3 is 20.6 Å². The molecule has 0 aliphatic heterocycles. The topological polar surface area (TPSA) is 89.8 Å².